The third-order valence-electron chi connectivity index (χ3n) is 7.45. The number of hydrogen-bond donors (Lipinski definition) is 1. The number of amides is 1. The Hall–Kier alpha value is -4.03. The zero-order valence-corrected chi connectivity index (χ0v) is 21.3. The van der Waals surface area contributed by atoms with Gasteiger partial charge < -0.3 is 29.6 Å². The van der Waals surface area contributed by atoms with Crippen molar-refractivity contribution in [1.29, 1.82) is 0 Å². The number of ether oxygens (including phenoxy) is 2. The Balaban J connectivity index is 1.32. The monoisotopic (exact) mass is 498 g/mol. The summed E-state index contributed by atoms with van der Waals surface area (Å²) in [5.41, 5.74) is 9.73. The highest BCUT2D eigenvalue weighted by atomic mass is 16.7. The molecule has 1 saturated heterocycles. The van der Waals surface area contributed by atoms with Crippen molar-refractivity contribution >= 4 is 22.8 Å². The van der Waals surface area contributed by atoms with Gasteiger partial charge in [0.1, 0.15) is 23.5 Å². The predicted octanol–water partition coefficient (Wildman–Crippen LogP) is 2.60. The number of likely N-dealkylation sites (tertiary alicyclic amines) is 1. The van der Waals surface area contributed by atoms with E-state index in [1.54, 1.807) is 6.08 Å². The van der Waals surface area contributed by atoms with Crippen molar-refractivity contribution in [3.63, 3.8) is 0 Å². The number of nitrogen functional groups attached to an aromatic ring is 1. The quantitative estimate of drug-likeness (QED) is 0.427. The number of fused-ring (bicyclic) bond motifs is 3. The van der Waals surface area contributed by atoms with E-state index < -0.39 is 0 Å². The fourth-order valence-electron chi connectivity index (χ4n) is 5.56. The molecular formula is C28H30N6O3. The number of nitrogens with zero attached hydrogens (tertiary/aromatic N) is 5. The molecule has 2 aliphatic heterocycles. The van der Waals surface area contributed by atoms with Crippen LogP contribution in [0.1, 0.15) is 12.6 Å². The van der Waals surface area contributed by atoms with Gasteiger partial charge in [-0.3, -0.25) is 4.79 Å². The molecule has 3 atom stereocenters. The van der Waals surface area contributed by atoms with E-state index in [1.165, 1.54) is 6.33 Å². The van der Waals surface area contributed by atoms with E-state index in [1.807, 2.05) is 48.2 Å². The number of para-hydroxylation sites is 1. The lowest BCUT2D eigenvalue weighted by Gasteiger charge is -2.17. The molecule has 1 saturated carbocycles. The minimum atomic E-state index is 0.0864. The lowest BCUT2D eigenvalue weighted by molar-refractivity contribution is -0.125. The summed E-state index contributed by atoms with van der Waals surface area (Å²) in [6.07, 6.45) is 5.09. The van der Waals surface area contributed by atoms with E-state index in [0.29, 0.717) is 35.7 Å². The second-order valence-corrected chi connectivity index (χ2v) is 10.00. The molecule has 9 heteroatoms. The second-order valence-electron chi connectivity index (χ2n) is 10.00. The Morgan fingerprint density at radius 1 is 1.24 bits per heavy atom. The summed E-state index contributed by atoms with van der Waals surface area (Å²) in [5.74, 6) is 10.0. The zero-order chi connectivity index (χ0) is 25.7. The molecule has 1 unspecified atom stereocenters. The van der Waals surface area contributed by atoms with Gasteiger partial charge >= 0.3 is 0 Å². The SMILES string of the molecule is CCn1c(C#CC2[C@H]3CN(C(=O)/C=C/CN(C)C)C[C@@H]23)c(-c2cccc3c2OCO3)c2c(N)ncnc21. The number of likely N-dealkylation sites (N-methyl/N-ethyl adjacent to an activating group) is 1. The summed E-state index contributed by atoms with van der Waals surface area (Å²) < 4.78 is 13.6. The highest BCUT2D eigenvalue weighted by molar-refractivity contribution is 6.05. The average molecular weight is 499 g/mol. The topological polar surface area (TPSA) is 98.7 Å². The molecule has 0 radical (unpaired) electrons. The molecule has 37 heavy (non-hydrogen) atoms. The van der Waals surface area contributed by atoms with E-state index in [4.69, 9.17) is 15.2 Å². The first kappa shape index (κ1) is 23.4. The van der Waals surface area contributed by atoms with Crippen molar-refractivity contribution in [1.82, 2.24) is 24.3 Å². The maximum atomic E-state index is 12.5. The fraction of sp³-hybridized carbons (Fsp3) is 0.393. The Kier molecular flexibility index (Phi) is 5.76. The number of aryl methyl sites for hydroxylation is 1. The number of piperidine rings is 1. The van der Waals surface area contributed by atoms with Crippen LogP contribution in [0.4, 0.5) is 5.82 Å². The molecule has 2 fully saturated rings. The maximum absolute atomic E-state index is 12.5. The van der Waals surface area contributed by atoms with Crippen molar-refractivity contribution in [2.45, 2.75) is 13.5 Å². The first-order chi connectivity index (χ1) is 18.0. The van der Waals surface area contributed by atoms with Crippen LogP contribution in [0.5, 0.6) is 11.5 Å². The number of benzene rings is 1. The van der Waals surface area contributed by atoms with Crippen LogP contribution in [0.2, 0.25) is 0 Å². The number of rotatable bonds is 5. The molecule has 3 aliphatic rings. The number of carbonyl (C=O) groups excluding carboxylic acids is 1. The molecule has 190 valence electrons. The Bertz CT molecular complexity index is 1470. The average Bonchev–Trinajstić information content (AvgIpc) is 3.30. The van der Waals surface area contributed by atoms with Crippen molar-refractivity contribution < 1.29 is 14.3 Å². The molecule has 2 aromatic heterocycles. The van der Waals surface area contributed by atoms with Gasteiger partial charge in [0.05, 0.1) is 5.39 Å². The van der Waals surface area contributed by atoms with E-state index in [2.05, 4.69) is 33.3 Å². The van der Waals surface area contributed by atoms with E-state index in [-0.39, 0.29) is 18.6 Å². The molecule has 1 amide bonds. The minimum Gasteiger partial charge on any atom is -0.454 e. The van der Waals surface area contributed by atoms with Crippen LogP contribution in [0.25, 0.3) is 22.2 Å². The largest absolute Gasteiger partial charge is 0.454 e. The third-order valence-corrected chi connectivity index (χ3v) is 7.45. The van der Waals surface area contributed by atoms with Crippen LogP contribution in [-0.2, 0) is 11.3 Å². The Labute approximate surface area is 215 Å². The van der Waals surface area contributed by atoms with Gasteiger partial charge in [-0.05, 0) is 44.8 Å². The summed E-state index contributed by atoms with van der Waals surface area (Å²) in [6, 6.07) is 5.84. The Morgan fingerprint density at radius 2 is 2.05 bits per heavy atom. The molecule has 6 rings (SSSR count). The molecule has 4 heterocycles. The van der Waals surface area contributed by atoms with Gasteiger partial charge in [-0.25, -0.2) is 9.97 Å². The van der Waals surface area contributed by atoms with Crippen molar-refractivity contribution in [2.75, 3.05) is 46.3 Å². The molecule has 2 N–H and O–H groups in total. The van der Waals surface area contributed by atoms with Gasteiger partial charge in [0.25, 0.3) is 0 Å². The summed E-state index contributed by atoms with van der Waals surface area (Å²) in [7, 11) is 3.97. The minimum absolute atomic E-state index is 0.0864. The van der Waals surface area contributed by atoms with Gasteiger partial charge in [0, 0.05) is 49.3 Å². The third kappa shape index (κ3) is 3.98. The zero-order valence-electron chi connectivity index (χ0n) is 21.3. The number of nitrogens with two attached hydrogens (primary N) is 1. The van der Waals surface area contributed by atoms with Crippen LogP contribution in [0.3, 0.4) is 0 Å². The summed E-state index contributed by atoms with van der Waals surface area (Å²) in [4.78, 5) is 25.3. The molecule has 1 aliphatic carbocycles. The Morgan fingerprint density at radius 3 is 2.81 bits per heavy atom. The fourth-order valence-corrected chi connectivity index (χ4v) is 5.56. The van der Waals surface area contributed by atoms with Gasteiger partial charge in [-0.15, -0.1) is 0 Å². The predicted molar refractivity (Wildman–Crippen MR) is 141 cm³/mol. The molecule has 3 aromatic rings. The standard InChI is InChI=1S/C28H30N6O3/c1-4-34-21(11-10-17-19-13-33(14-20(17)19)23(35)9-6-12-32(2)3)24(25-27(29)30-15-31-28(25)34)18-7-5-8-22-26(18)37-16-36-22/h5-9,15,17,19-20H,4,12-14,16H2,1-3H3,(H2,29,30,31)/b9-6+/t17?,19-,20+. The normalized spacial score (nSPS) is 21.5. The van der Waals surface area contributed by atoms with Gasteiger partial charge in [-0.2, -0.15) is 0 Å². The van der Waals surface area contributed by atoms with Gasteiger partial charge in [0.15, 0.2) is 11.5 Å². The molecule has 0 spiro atoms. The first-order valence-electron chi connectivity index (χ1n) is 12.6. The van der Waals surface area contributed by atoms with Crippen LogP contribution in [0, 0.1) is 29.6 Å². The van der Waals surface area contributed by atoms with E-state index in [9.17, 15) is 4.79 Å². The van der Waals surface area contributed by atoms with E-state index >= 15 is 0 Å². The van der Waals surface area contributed by atoms with E-state index in [0.717, 1.165) is 47.5 Å². The highest BCUT2D eigenvalue weighted by Crippen LogP contribution is 2.52. The highest BCUT2D eigenvalue weighted by Gasteiger charge is 2.55. The second kappa shape index (κ2) is 9.12. The summed E-state index contributed by atoms with van der Waals surface area (Å²) in [6.45, 7) is 5.20. The van der Waals surface area contributed by atoms with Crippen molar-refractivity contribution in [2.24, 2.45) is 17.8 Å². The lowest BCUT2D eigenvalue weighted by atomic mass is 10.0. The number of hydrogen-bond acceptors (Lipinski definition) is 7. The molecular weight excluding hydrogens is 468 g/mol. The smallest absolute Gasteiger partial charge is 0.246 e. The lowest BCUT2D eigenvalue weighted by Crippen LogP contribution is -2.30. The summed E-state index contributed by atoms with van der Waals surface area (Å²) >= 11 is 0. The van der Waals surface area contributed by atoms with Gasteiger partial charge in [-0.1, -0.05) is 24.1 Å². The maximum Gasteiger partial charge on any atom is 0.246 e. The van der Waals surface area contributed by atoms with Gasteiger partial charge in [0.2, 0.25) is 12.7 Å². The molecule has 1 aromatic carbocycles. The number of aromatic nitrogens is 3. The van der Waals surface area contributed by atoms with Crippen molar-refractivity contribution in [3.05, 3.63) is 42.4 Å². The van der Waals surface area contributed by atoms with Crippen LogP contribution >= 0.6 is 0 Å². The number of anilines is 1. The first-order valence-corrected chi connectivity index (χ1v) is 12.6. The van der Waals surface area contributed by atoms with Crippen LogP contribution in [0.15, 0.2) is 36.7 Å². The summed E-state index contributed by atoms with van der Waals surface area (Å²) in [5, 5.41) is 0.773. The molecule has 0 bridgehead atoms. The number of carbonyl (C=O) groups is 1. The van der Waals surface area contributed by atoms with Crippen molar-refractivity contribution in [3.8, 4) is 34.5 Å². The van der Waals surface area contributed by atoms with Crippen LogP contribution < -0.4 is 15.2 Å². The molecule has 9 nitrogen and oxygen atoms in total. The van der Waals surface area contributed by atoms with Crippen LogP contribution in [-0.4, -0.2) is 70.8 Å².